The van der Waals surface area contributed by atoms with Crippen molar-refractivity contribution in [2.45, 2.75) is 57.7 Å². The molecule has 3 unspecified atom stereocenters. The summed E-state index contributed by atoms with van der Waals surface area (Å²) in [5.41, 5.74) is 0. The molecule has 112 valence electrons. The van der Waals surface area contributed by atoms with Gasteiger partial charge in [0.05, 0.1) is 12.4 Å². The molecule has 1 rings (SSSR count). The zero-order valence-electron chi connectivity index (χ0n) is 11.8. The summed E-state index contributed by atoms with van der Waals surface area (Å²) in [6, 6.07) is -0.781. The highest BCUT2D eigenvalue weighted by atomic mass is 32.2. The zero-order chi connectivity index (χ0) is 14.6. The van der Waals surface area contributed by atoms with Gasteiger partial charge < -0.3 is 10.4 Å². The molecule has 0 aromatic heterocycles. The Hall–Kier alpha value is -0.660. The van der Waals surface area contributed by atoms with Crippen molar-refractivity contribution < 1.29 is 18.3 Å². The molecule has 1 aliphatic heterocycles. The van der Waals surface area contributed by atoms with E-state index in [-0.39, 0.29) is 11.9 Å². The summed E-state index contributed by atoms with van der Waals surface area (Å²) in [5, 5.41) is 12.0. The lowest BCUT2D eigenvalue weighted by Gasteiger charge is -2.33. The molecule has 19 heavy (non-hydrogen) atoms. The number of hydrogen-bond donors (Lipinski definition) is 2. The average molecular weight is 292 g/mol. The minimum Gasteiger partial charge on any atom is -0.393 e. The normalized spacial score (nSPS) is 24.7. The van der Waals surface area contributed by atoms with Gasteiger partial charge in [0.15, 0.2) is 0 Å². The number of carbonyl (C=O) groups is 1. The maximum absolute atomic E-state index is 12.1. The lowest BCUT2D eigenvalue weighted by Crippen LogP contribution is -2.53. The average Bonchev–Trinajstić information content (AvgIpc) is 2.26. The lowest BCUT2D eigenvalue weighted by molar-refractivity contribution is -0.126. The molecule has 1 fully saturated rings. The van der Waals surface area contributed by atoms with E-state index < -0.39 is 22.2 Å². The summed E-state index contributed by atoms with van der Waals surface area (Å²) in [6.45, 7) is 3.87. The van der Waals surface area contributed by atoms with Gasteiger partial charge in [0.1, 0.15) is 6.04 Å². The molecule has 1 amide bonds. The molecule has 0 saturated carbocycles. The van der Waals surface area contributed by atoms with Crippen molar-refractivity contribution in [1.29, 1.82) is 0 Å². The smallest absolute Gasteiger partial charge is 0.238 e. The van der Waals surface area contributed by atoms with Crippen LogP contribution in [0.5, 0.6) is 0 Å². The predicted molar refractivity (Wildman–Crippen MR) is 73.1 cm³/mol. The largest absolute Gasteiger partial charge is 0.393 e. The second kappa shape index (κ2) is 6.67. The molecule has 7 heteroatoms. The molecule has 1 aliphatic rings. The molecule has 0 aromatic rings. The van der Waals surface area contributed by atoms with Crippen LogP contribution in [0.1, 0.15) is 39.5 Å². The molecule has 0 radical (unpaired) electrons. The van der Waals surface area contributed by atoms with E-state index >= 15 is 0 Å². The molecular formula is C12H24N2O4S. The molecule has 1 heterocycles. The van der Waals surface area contributed by atoms with Gasteiger partial charge in [-0.05, 0) is 33.1 Å². The standard InChI is InChI=1S/C12H24N2O4S/c1-9(8-10(2)15)13-12(16)11-6-4-5-7-14(11)19(3,17)18/h9-11,15H,4-8H2,1-3H3,(H,13,16). The van der Waals surface area contributed by atoms with Gasteiger partial charge in [0.25, 0.3) is 0 Å². The summed E-state index contributed by atoms with van der Waals surface area (Å²) in [7, 11) is -3.36. The first-order chi connectivity index (χ1) is 8.71. The Morgan fingerprint density at radius 1 is 1.42 bits per heavy atom. The summed E-state index contributed by atoms with van der Waals surface area (Å²) in [6.07, 6.45) is 3.30. The first kappa shape index (κ1) is 16.4. The van der Waals surface area contributed by atoms with Crippen molar-refractivity contribution in [3.05, 3.63) is 0 Å². The van der Waals surface area contributed by atoms with Crippen molar-refractivity contribution in [3.8, 4) is 0 Å². The summed E-state index contributed by atoms with van der Waals surface area (Å²) < 4.78 is 24.6. The van der Waals surface area contributed by atoms with Crippen LogP contribution in [0.2, 0.25) is 0 Å². The number of aliphatic hydroxyl groups excluding tert-OH is 1. The minimum atomic E-state index is -3.36. The molecule has 0 aromatic carbocycles. The van der Waals surface area contributed by atoms with Crippen molar-refractivity contribution in [3.63, 3.8) is 0 Å². The van der Waals surface area contributed by atoms with E-state index in [0.717, 1.165) is 19.1 Å². The highest BCUT2D eigenvalue weighted by molar-refractivity contribution is 7.88. The number of carbonyl (C=O) groups excluding carboxylic acids is 1. The third-order valence-electron chi connectivity index (χ3n) is 3.27. The van der Waals surface area contributed by atoms with E-state index in [0.29, 0.717) is 19.4 Å². The van der Waals surface area contributed by atoms with E-state index in [4.69, 9.17) is 0 Å². The summed E-state index contributed by atoms with van der Waals surface area (Å²) >= 11 is 0. The number of amides is 1. The SMILES string of the molecule is CC(O)CC(C)NC(=O)C1CCCCN1S(C)(=O)=O. The highest BCUT2D eigenvalue weighted by Crippen LogP contribution is 2.20. The van der Waals surface area contributed by atoms with Gasteiger partial charge in [-0.15, -0.1) is 0 Å². The summed E-state index contributed by atoms with van der Waals surface area (Å²) in [5.74, 6) is -0.265. The van der Waals surface area contributed by atoms with Crippen molar-refractivity contribution >= 4 is 15.9 Å². The van der Waals surface area contributed by atoms with Gasteiger partial charge >= 0.3 is 0 Å². The van der Waals surface area contributed by atoms with Crippen LogP contribution in [-0.2, 0) is 14.8 Å². The molecule has 0 aliphatic carbocycles. The van der Waals surface area contributed by atoms with Gasteiger partial charge in [-0.25, -0.2) is 8.42 Å². The Balaban J connectivity index is 2.68. The van der Waals surface area contributed by atoms with E-state index in [1.807, 2.05) is 0 Å². The fraction of sp³-hybridized carbons (Fsp3) is 0.917. The van der Waals surface area contributed by atoms with Crippen LogP contribution >= 0.6 is 0 Å². The van der Waals surface area contributed by atoms with Gasteiger partial charge in [-0.2, -0.15) is 4.31 Å². The number of piperidine rings is 1. The third kappa shape index (κ3) is 5.08. The number of nitrogens with zero attached hydrogens (tertiary/aromatic N) is 1. The highest BCUT2D eigenvalue weighted by Gasteiger charge is 2.34. The Labute approximate surface area is 115 Å². The first-order valence-electron chi connectivity index (χ1n) is 6.67. The number of hydrogen-bond acceptors (Lipinski definition) is 4. The number of sulfonamides is 1. The molecular weight excluding hydrogens is 268 g/mol. The van der Waals surface area contributed by atoms with Gasteiger partial charge in [-0.1, -0.05) is 6.42 Å². The van der Waals surface area contributed by atoms with Gasteiger partial charge in [0.2, 0.25) is 15.9 Å². The number of aliphatic hydroxyl groups is 1. The Morgan fingerprint density at radius 2 is 2.05 bits per heavy atom. The molecule has 6 nitrogen and oxygen atoms in total. The maximum atomic E-state index is 12.1. The van der Waals surface area contributed by atoms with Crippen molar-refractivity contribution in [1.82, 2.24) is 9.62 Å². The maximum Gasteiger partial charge on any atom is 0.238 e. The second-order valence-corrected chi connectivity index (χ2v) is 7.31. The topological polar surface area (TPSA) is 86.7 Å². The number of nitrogens with one attached hydrogen (secondary N) is 1. The minimum absolute atomic E-state index is 0.171. The van der Waals surface area contributed by atoms with Crippen LogP contribution in [-0.4, -0.2) is 54.7 Å². The quantitative estimate of drug-likeness (QED) is 0.751. The molecule has 0 spiro atoms. The van der Waals surface area contributed by atoms with Crippen LogP contribution < -0.4 is 5.32 Å². The Bertz CT molecular complexity index is 408. The predicted octanol–water partition coefficient (Wildman–Crippen LogP) is 0.0761. The van der Waals surface area contributed by atoms with Crippen LogP contribution in [0.3, 0.4) is 0 Å². The van der Waals surface area contributed by atoms with Crippen LogP contribution in [0, 0.1) is 0 Å². The zero-order valence-corrected chi connectivity index (χ0v) is 12.6. The monoisotopic (exact) mass is 292 g/mol. The Kier molecular flexibility index (Phi) is 5.76. The van der Waals surface area contributed by atoms with E-state index in [9.17, 15) is 18.3 Å². The second-order valence-electron chi connectivity index (χ2n) is 5.38. The van der Waals surface area contributed by atoms with Crippen molar-refractivity contribution in [2.24, 2.45) is 0 Å². The van der Waals surface area contributed by atoms with Crippen molar-refractivity contribution in [2.75, 3.05) is 12.8 Å². The lowest BCUT2D eigenvalue weighted by atomic mass is 10.0. The fourth-order valence-corrected chi connectivity index (χ4v) is 3.60. The summed E-state index contributed by atoms with van der Waals surface area (Å²) in [4.78, 5) is 12.1. The molecule has 2 N–H and O–H groups in total. The molecule has 1 saturated heterocycles. The van der Waals surface area contributed by atoms with Gasteiger partial charge in [-0.3, -0.25) is 4.79 Å². The third-order valence-corrected chi connectivity index (χ3v) is 4.55. The van der Waals surface area contributed by atoms with E-state index in [2.05, 4.69) is 5.32 Å². The van der Waals surface area contributed by atoms with Crippen LogP contribution in [0.25, 0.3) is 0 Å². The molecule has 3 atom stereocenters. The Morgan fingerprint density at radius 3 is 2.58 bits per heavy atom. The fourth-order valence-electron chi connectivity index (χ4n) is 2.47. The van der Waals surface area contributed by atoms with Crippen LogP contribution in [0.4, 0.5) is 0 Å². The van der Waals surface area contributed by atoms with E-state index in [1.165, 1.54) is 4.31 Å². The first-order valence-corrected chi connectivity index (χ1v) is 8.52. The van der Waals surface area contributed by atoms with Crippen LogP contribution in [0.15, 0.2) is 0 Å². The number of rotatable bonds is 5. The van der Waals surface area contributed by atoms with Gasteiger partial charge in [0, 0.05) is 12.6 Å². The van der Waals surface area contributed by atoms with E-state index in [1.54, 1.807) is 13.8 Å². The molecule has 0 bridgehead atoms.